The number of hydrogen-bond acceptors (Lipinski definition) is 2. The molecule has 0 radical (unpaired) electrons. The van der Waals surface area contributed by atoms with E-state index in [1.165, 1.54) is 4.31 Å². The van der Waals surface area contributed by atoms with Gasteiger partial charge in [-0.2, -0.15) is 4.31 Å². The van der Waals surface area contributed by atoms with Gasteiger partial charge in [-0.15, -0.1) is 0 Å². The highest BCUT2D eigenvalue weighted by Crippen LogP contribution is 2.22. The Kier molecular flexibility index (Phi) is 4.20. The molecular formula is C19H19NO2S. The number of rotatable bonds is 4. The average Bonchev–Trinajstić information content (AvgIpc) is 2.55. The van der Waals surface area contributed by atoms with E-state index in [2.05, 4.69) is 0 Å². The van der Waals surface area contributed by atoms with Crippen molar-refractivity contribution in [2.75, 3.05) is 7.05 Å². The lowest BCUT2D eigenvalue weighted by Gasteiger charge is -2.18. The molecular weight excluding hydrogens is 306 g/mol. The third kappa shape index (κ3) is 3.14. The zero-order chi connectivity index (χ0) is 16.4. The molecule has 0 unspecified atom stereocenters. The summed E-state index contributed by atoms with van der Waals surface area (Å²) in [6.45, 7) is 2.29. The van der Waals surface area contributed by atoms with Crippen molar-refractivity contribution in [3.63, 3.8) is 0 Å². The summed E-state index contributed by atoms with van der Waals surface area (Å²) in [4.78, 5) is 0.325. The molecule has 0 saturated carbocycles. The quantitative estimate of drug-likeness (QED) is 0.728. The average molecular weight is 325 g/mol. The van der Waals surface area contributed by atoms with E-state index in [0.717, 1.165) is 21.9 Å². The first-order valence-electron chi connectivity index (χ1n) is 7.48. The van der Waals surface area contributed by atoms with Crippen molar-refractivity contribution in [3.05, 3.63) is 77.9 Å². The lowest BCUT2D eigenvalue weighted by Crippen LogP contribution is -2.26. The van der Waals surface area contributed by atoms with Crippen LogP contribution in [-0.2, 0) is 16.6 Å². The topological polar surface area (TPSA) is 37.4 Å². The summed E-state index contributed by atoms with van der Waals surface area (Å²) in [5, 5.41) is 2.20. The molecule has 4 heteroatoms. The highest BCUT2D eigenvalue weighted by molar-refractivity contribution is 7.89. The monoisotopic (exact) mass is 325 g/mol. The zero-order valence-corrected chi connectivity index (χ0v) is 14.0. The summed E-state index contributed by atoms with van der Waals surface area (Å²) < 4.78 is 26.8. The maximum absolute atomic E-state index is 12.7. The SMILES string of the molecule is Cc1ccc(S(=O)(=O)N(C)Cc2cccc3ccccc23)cc1. The molecule has 3 nitrogen and oxygen atoms in total. The first-order valence-corrected chi connectivity index (χ1v) is 8.92. The van der Waals surface area contributed by atoms with E-state index in [9.17, 15) is 8.42 Å². The van der Waals surface area contributed by atoms with Gasteiger partial charge in [-0.3, -0.25) is 0 Å². The number of hydrogen-bond donors (Lipinski definition) is 0. The smallest absolute Gasteiger partial charge is 0.207 e. The Bertz CT molecular complexity index is 926. The number of aryl methyl sites for hydroxylation is 1. The highest BCUT2D eigenvalue weighted by atomic mass is 32.2. The van der Waals surface area contributed by atoms with Gasteiger partial charge in [0.25, 0.3) is 0 Å². The van der Waals surface area contributed by atoms with Crippen LogP contribution in [-0.4, -0.2) is 19.8 Å². The van der Waals surface area contributed by atoms with Gasteiger partial charge in [0.05, 0.1) is 4.90 Å². The molecule has 0 aliphatic rings. The summed E-state index contributed by atoms with van der Waals surface area (Å²) in [5.74, 6) is 0. The van der Waals surface area contributed by atoms with Crippen molar-refractivity contribution in [1.29, 1.82) is 0 Å². The van der Waals surface area contributed by atoms with Gasteiger partial charge in [0, 0.05) is 13.6 Å². The summed E-state index contributed by atoms with van der Waals surface area (Å²) in [6.07, 6.45) is 0. The molecule has 23 heavy (non-hydrogen) atoms. The minimum absolute atomic E-state index is 0.325. The number of nitrogens with zero attached hydrogens (tertiary/aromatic N) is 1. The van der Waals surface area contributed by atoms with E-state index < -0.39 is 10.0 Å². The van der Waals surface area contributed by atoms with Gasteiger partial charge in [0.1, 0.15) is 0 Å². The fraction of sp³-hybridized carbons (Fsp3) is 0.158. The molecule has 0 bridgehead atoms. The van der Waals surface area contributed by atoms with E-state index in [1.54, 1.807) is 19.2 Å². The molecule has 0 aromatic heterocycles. The Morgan fingerprint density at radius 1 is 0.870 bits per heavy atom. The largest absolute Gasteiger partial charge is 0.243 e. The molecule has 0 aliphatic carbocycles. The molecule has 3 rings (SSSR count). The Morgan fingerprint density at radius 3 is 2.26 bits per heavy atom. The van der Waals surface area contributed by atoms with Crippen LogP contribution in [0.1, 0.15) is 11.1 Å². The Labute approximate surface area is 137 Å². The van der Waals surface area contributed by atoms with Gasteiger partial charge < -0.3 is 0 Å². The van der Waals surface area contributed by atoms with Crippen molar-refractivity contribution in [3.8, 4) is 0 Å². The molecule has 0 atom stereocenters. The predicted octanol–water partition coefficient (Wildman–Crippen LogP) is 3.97. The minimum Gasteiger partial charge on any atom is -0.207 e. The van der Waals surface area contributed by atoms with E-state index in [4.69, 9.17) is 0 Å². The molecule has 0 saturated heterocycles. The highest BCUT2D eigenvalue weighted by Gasteiger charge is 2.21. The molecule has 0 spiro atoms. The predicted molar refractivity (Wildman–Crippen MR) is 93.8 cm³/mol. The van der Waals surface area contributed by atoms with E-state index >= 15 is 0 Å². The summed E-state index contributed by atoms with van der Waals surface area (Å²) in [5.41, 5.74) is 2.04. The van der Waals surface area contributed by atoms with Crippen molar-refractivity contribution in [2.45, 2.75) is 18.4 Å². The third-order valence-electron chi connectivity index (χ3n) is 4.00. The summed E-state index contributed by atoms with van der Waals surface area (Å²) >= 11 is 0. The van der Waals surface area contributed by atoms with Gasteiger partial charge in [0.2, 0.25) is 10.0 Å². The Morgan fingerprint density at radius 2 is 1.52 bits per heavy atom. The van der Waals surface area contributed by atoms with Crippen LogP contribution in [0.25, 0.3) is 10.8 Å². The summed E-state index contributed by atoms with van der Waals surface area (Å²) in [7, 11) is -1.87. The number of sulfonamides is 1. The summed E-state index contributed by atoms with van der Waals surface area (Å²) in [6, 6.07) is 20.9. The van der Waals surface area contributed by atoms with Crippen LogP contribution in [0.2, 0.25) is 0 Å². The van der Waals surface area contributed by atoms with Gasteiger partial charge in [-0.1, -0.05) is 60.2 Å². The van der Waals surface area contributed by atoms with E-state index in [0.29, 0.717) is 11.4 Å². The maximum atomic E-state index is 12.7. The number of fused-ring (bicyclic) bond motifs is 1. The second-order valence-corrected chi connectivity index (χ2v) is 7.76. The minimum atomic E-state index is -3.49. The molecule has 0 N–H and O–H groups in total. The fourth-order valence-corrected chi connectivity index (χ4v) is 3.79. The van der Waals surface area contributed by atoms with Gasteiger partial charge in [-0.05, 0) is 35.4 Å². The van der Waals surface area contributed by atoms with Crippen molar-refractivity contribution in [2.24, 2.45) is 0 Å². The van der Waals surface area contributed by atoms with Crippen molar-refractivity contribution >= 4 is 20.8 Å². The zero-order valence-electron chi connectivity index (χ0n) is 13.2. The number of benzene rings is 3. The van der Waals surface area contributed by atoms with Gasteiger partial charge >= 0.3 is 0 Å². The van der Waals surface area contributed by atoms with Crippen LogP contribution >= 0.6 is 0 Å². The molecule has 3 aromatic rings. The van der Waals surface area contributed by atoms with E-state index in [1.807, 2.05) is 61.5 Å². The molecule has 118 valence electrons. The first-order chi connectivity index (χ1) is 11.0. The van der Waals surface area contributed by atoms with Crippen LogP contribution in [0.5, 0.6) is 0 Å². The van der Waals surface area contributed by atoms with Crippen LogP contribution in [0, 0.1) is 6.92 Å². The second-order valence-electron chi connectivity index (χ2n) is 5.71. The lowest BCUT2D eigenvalue weighted by molar-refractivity contribution is 0.468. The molecule has 0 heterocycles. The van der Waals surface area contributed by atoms with E-state index in [-0.39, 0.29) is 0 Å². The maximum Gasteiger partial charge on any atom is 0.243 e. The Hall–Kier alpha value is -2.17. The van der Waals surface area contributed by atoms with Gasteiger partial charge in [0.15, 0.2) is 0 Å². The van der Waals surface area contributed by atoms with Crippen LogP contribution in [0.3, 0.4) is 0 Å². The molecule has 3 aromatic carbocycles. The molecule has 0 aliphatic heterocycles. The normalized spacial score (nSPS) is 12.0. The first kappa shape index (κ1) is 15.7. The van der Waals surface area contributed by atoms with Crippen LogP contribution in [0.15, 0.2) is 71.6 Å². The van der Waals surface area contributed by atoms with Gasteiger partial charge in [-0.25, -0.2) is 8.42 Å². The van der Waals surface area contributed by atoms with Crippen molar-refractivity contribution in [1.82, 2.24) is 4.31 Å². The molecule has 0 fully saturated rings. The molecule has 0 amide bonds. The Balaban J connectivity index is 1.94. The standard InChI is InChI=1S/C19H19NO2S/c1-15-10-12-18(13-11-15)23(21,22)20(2)14-17-8-5-7-16-6-3-4-9-19(16)17/h3-13H,14H2,1-2H3. The fourth-order valence-electron chi connectivity index (χ4n) is 2.65. The lowest BCUT2D eigenvalue weighted by atomic mass is 10.0. The van der Waals surface area contributed by atoms with Crippen LogP contribution in [0.4, 0.5) is 0 Å². The van der Waals surface area contributed by atoms with Crippen LogP contribution < -0.4 is 0 Å². The second kappa shape index (κ2) is 6.14. The van der Waals surface area contributed by atoms with Crippen molar-refractivity contribution < 1.29 is 8.42 Å². The third-order valence-corrected chi connectivity index (χ3v) is 5.82.